The third-order valence-corrected chi connectivity index (χ3v) is 1.86. The van der Waals surface area contributed by atoms with Crippen molar-refractivity contribution in [3.05, 3.63) is 53.9 Å². The molecule has 0 aliphatic carbocycles. The van der Waals surface area contributed by atoms with Gasteiger partial charge in [0.1, 0.15) is 12.1 Å². The van der Waals surface area contributed by atoms with Gasteiger partial charge in [0.25, 0.3) is 5.88 Å². The summed E-state index contributed by atoms with van der Waals surface area (Å²) in [6.45, 7) is 8.47. The van der Waals surface area contributed by atoms with E-state index in [9.17, 15) is 4.39 Å². The first-order chi connectivity index (χ1) is 7.56. The van der Waals surface area contributed by atoms with Crippen LogP contribution in [0.1, 0.15) is 5.69 Å². The molecule has 0 saturated heterocycles. The number of rotatable bonds is 4. The van der Waals surface area contributed by atoms with Crippen molar-refractivity contribution in [3.63, 3.8) is 0 Å². The van der Waals surface area contributed by atoms with Crippen LogP contribution in [0.4, 0.5) is 4.39 Å². The molecule has 0 atom stereocenters. The molecule has 16 heavy (non-hydrogen) atoms. The summed E-state index contributed by atoms with van der Waals surface area (Å²) in [5.74, 6) is -0.633. The van der Waals surface area contributed by atoms with E-state index in [1.807, 2.05) is 0 Å². The number of ether oxygens (including phenoxy) is 1. The fraction of sp³-hybridized carbons (Fsp3) is 0.0909. The van der Waals surface area contributed by atoms with E-state index in [1.165, 1.54) is 25.4 Å². The summed E-state index contributed by atoms with van der Waals surface area (Å²) in [7, 11) is 0. The van der Waals surface area contributed by atoms with E-state index in [4.69, 9.17) is 16.3 Å². The molecule has 0 radical (unpaired) electrons. The largest absolute Gasteiger partial charge is 0.435 e. The monoisotopic (exact) mass is 240 g/mol. The molecular formula is C11H10ClFN2O. The minimum absolute atomic E-state index is 0.135. The van der Waals surface area contributed by atoms with Crippen molar-refractivity contribution < 1.29 is 9.13 Å². The predicted molar refractivity (Wildman–Crippen MR) is 60.6 cm³/mol. The molecule has 0 amide bonds. The Balaban J connectivity index is 3.03. The number of aryl methyl sites for hydroxylation is 1. The Hall–Kier alpha value is -1.68. The van der Waals surface area contributed by atoms with Crippen LogP contribution in [-0.2, 0) is 0 Å². The first kappa shape index (κ1) is 12.4. The van der Waals surface area contributed by atoms with Gasteiger partial charge >= 0.3 is 0 Å². The van der Waals surface area contributed by atoms with E-state index in [2.05, 4.69) is 23.1 Å². The lowest BCUT2D eigenvalue weighted by Crippen LogP contribution is -2.02. The Morgan fingerprint density at radius 1 is 1.56 bits per heavy atom. The summed E-state index contributed by atoms with van der Waals surface area (Å²) in [5.41, 5.74) is 0.197. The molecule has 3 nitrogen and oxygen atoms in total. The van der Waals surface area contributed by atoms with Crippen molar-refractivity contribution in [1.82, 2.24) is 9.97 Å². The van der Waals surface area contributed by atoms with Gasteiger partial charge in [-0.2, -0.15) is 9.37 Å². The third kappa shape index (κ3) is 2.90. The molecule has 0 aliphatic rings. The fourth-order valence-corrected chi connectivity index (χ4v) is 1.000. The van der Waals surface area contributed by atoms with E-state index in [-0.39, 0.29) is 22.4 Å². The number of allylic oxidation sites excluding steroid dienone is 3. The Kier molecular flexibility index (Phi) is 4.19. The Morgan fingerprint density at radius 3 is 2.81 bits per heavy atom. The summed E-state index contributed by atoms with van der Waals surface area (Å²) < 4.78 is 18.7. The SMILES string of the molecule is C=C/C=C(/Oc1ncnc(C)c1F)C(=C)Cl. The van der Waals surface area contributed by atoms with Crippen molar-refractivity contribution in [2.75, 3.05) is 0 Å². The molecule has 0 N–H and O–H groups in total. The van der Waals surface area contributed by atoms with Gasteiger partial charge in [-0.05, 0) is 13.0 Å². The van der Waals surface area contributed by atoms with Gasteiger partial charge in [-0.25, -0.2) is 4.98 Å². The minimum Gasteiger partial charge on any atom is -0.435 e. The molecule has 5 heteroatoms. The zero-order valence-electron chi connectivity index (χ0n) is 8.70. The minimum atomic E-state index is -0.629. The summed E-state index contributed by atoms with van der Waals surface area (Å²) >= 11 is 5.66. The molecule has 84 valence electrons. The van der Waals surface area contributed by atoms with Crippen LogP contribution in [0.3, 0.4) is 0 Å². The molecule has 0 bridgehead atoms. The number of aromatic nitrogens is 2. The van der Waals surface area contributed by atoms with Crippen LogP contribution < -0.4 is 4.74 Å². The smallest absolute Gasteiger partial charge is 0.259 e. The maximum Gasteiger partial charge on any atom is 0.259 e. The Labute approximate surface area is 97.9 Å². The maximum atomic E-state index is 13.5. The van der Waals surface area contributed by atoms with Crippen LogP contribution in [0.15, 0.2) is 42.4 Å². The Morgan fingerprint density at radius 2 is 2.25 bits per heavy atom. The molecule has 1 aromatic heterocycles. The van der Waals surface area contributed by atoms with Gasteiger partial charge in [-0.15, -0.1) is 0 Å². The van der Waals surface area contributed by atoms with E-state index < -0.39 is 5.82 Å². The second kappa shape index (κ2) is 5.42. The zero-order chi connectivity index (χ0) is 12.1. The number of hydrogen-bond donors (Lipinski definition) is 0. The van der Waals surface area contributed by atoms with E-state index in [1.54, 1.807) is 0 Å². The first-order valence-corrected chi connectivity index (χ1v) is 4.76. The van der Waals surface area contributed by atoms with Gasteiger partial charge in [0.15, 0.2) is 0 Å². The second-order valence-electron chi connectivity index (χ2n) is 2.85. The highest BCUT2D eigenvalue weighted by Crippen LogP contribution is 2.21. The van der Waals surface area contributed by atoms with Gasteiger partial charge in [0.05, 0.1) is 10.7 Å². The predicted octanol–water partition coefficient (Wildman–Crippen LogP) is 3.13. The average molecular weight is 241 g/mol. The molecule has 1 heterocycles. The van der Waals surface area contributed by atoms with E-state index in [0.717, 1.165) is 0 Å². The van der Waals surface area contributed by atoms with Crippen molar-refractivity contribution in [2.45, 2.75) is 6.92 Å². The summed E-state index contributed by atoms with van der Waals surface area (Å²) in [6, 6.07) is 0. The lowest BCUT2D eigenvalue weighted by molar-refractivity contribution is 0.387. The summed E-state index contributed by atoms with van der Waals surface area (Å²) in [5, 5.41) is 0.135. The quantitative estimate of drug-likeness (QED) is 0.599. The topological polar surface area (TPSA) is 35.0 Å². The lowest BCUT2D eigenvalue weighted by Gasteiger charge is -2.08. The molecular weight excluding hydrogens is 231 g/mol. The number of nitrogens with zero attached hydrogens (tertiary/aromatic N) is 2. The highest BCUT2D eigenvalue weighted by molar-refractivity contribution is 6.31. The van der Waals surface area contributed by atoms with Crippen molar-refractivity contribution in [2.24, 2.45) is 0 Å². The molecule has 0 aromatic carbocycles. The molecule has 0 saturated carbocycles. The molecule has 0 spiro atoms. The lowest BCUT2D eigenvalue weighted by atomic mass is 10.4. The van der Waals surface area contributed by atoms with Crippen LogP contribution in [0.5, 0.6) is 5.88 Å². The number of hydrogen-bond acceptors (Lipinski definition) is 3. The van der Waals surface area contributed by atoms with Crippen LogP contribution in [0, 0.1) is 12.7 Å². The van der Waals surface area contributed by atoms with Gasteiger partial charge in [-0.3, -0.25) is 0 Å². The highest BCUT2D eigenvalue weighted by atomic mass is 35.5. The number of halogens is 2. The maximum absolute atomic E-state index is 13.5. The van der Waals surface area contributed by atoms with Crippen molar-refractivity contribution in [1.29, 1.82) is 0 Å². The first-order valence-electron chi connectivity index (χ1n) is 4.38. The molecule has 1 aromatic rings. The molecule has 0 aliphatic heterocycles. The normalized spacial score (nSPS) is 11.1. The van der Waals surface area contributed by atoms with Crippen LogP contribution in [0.2, 0.25) is 0 Å². The molecule has 0 unspecified atom stereocenters. The average Bonchev–Trinajstić information content (AvgIpc) is 2.23. The second-order valence-corrected chi connectivity index (χ2v) is 3.31. The Bertz CT molecular complexity index is 457. The highest BCUT2D eigenvalue weighted by Gasteiger charge is 2.11. The summed E-state index contributed by atoms with van der Waals surface area (Å²) in [6.07, 6.45) is 4.12. The zero-order valence-corrected chi connectivity index (χ0v) is 9.46. The van der Waals surface area contributed by atoms with Crippen molar-refractivity contribution in [3.8, 4) is 5.88 Å². The van der Waals surface area contributed by atoms with Crippen LogP contribution in [-0.4, -0.2) is 9.97 Å². The standard InChI is InChI=1S/C11H10ClFN2O/c1-4-5-9(7(2)12)16-11-10(13)8(3)14-6-15-11/h4-6H,1-2H2,3H3/b9-5+. The van der Waals surface area contributed by atoms with E-state index in [0.29, 0.717) is 0 Å². The van der Waals surface area contributed by atoms with E-state index >= 15 is 0 Å². The molecule has 0 fully saturated rings. The fourth-order valence-electron chi connectivity index (χ4n) is 0.898. The van der Waals surface area contributed by atoms with Crippen LogP contribution in [0.25, 0.3) is 0 Å². The van der Waals surface area contributed by atoms with Crippen molar-refractivity contribution >= 4 is 11.6 Å². The third-order valence-electron chi connectivity index (χ3n) is 1.68. The van der Waals surface area contributed by atoms with Gasteiger partial charge in [0, 0.05) is 0 Å². The van der Waals surface area contributed by atoms with Gasteiger partial charge < -0.3 is 4.74 Å². The summed E-state index contributed by atoms with van der Waals surface area (Å²) in [4.78, 5) is 7.34. The molecule has 1 rings (SSSR count). The van der Waals surface area contributed by atoms with Gasteiger partial charge in [0.2, 0.25) is 5.82 Å². The van der Waals surface area contributed by atoms with Crippen LogP contribution >= 0.6 is 11.6 Å². The van der Waals surface area contributed by atoms with Gasteiger partial charge in [-0.1, -0.05) is 30.8 Å².